The summed E-state index contributed by atoms with van der Waals surface area (Å²) in [5.41, 5.74) is 0.116. The van der Waals surface area contributed by atoms with Crippen LogP contribution in [0.4, 0.5) is 0 Å². The lowest BCUT2D eigenvalue weighted by atomic mass is 9.80. The molecule has 2 heterocycles. The number of nitrogens with zero attached hydrogens (tertiary/aromatic N) is 2. The van der Waals surface area contributed by atoms with Crippen LogP contribution in [0, 0.1) is 0 Å². The third-order valence-electron chi connectivity index (χ3n) is 4.35. The van der Waals surface area contributed by atoms with E-state index in [9.17, 15) is 8.42 Å². The van der Waals surface area contributed by atoms with Gasteiger partial charge in [0.25, 0.3) is 0 Å². The average Bonchev–Trinajstić information content (AvgIpc) is 2.60. The Morgan fingerprint density at radius 1 is 1.22 bits per heavy atom. The molecule has 6 nitrogen and oxygen atoms in total. The van der Waals surface area contributed by atoms with Gasteiger partial charge in [-0.3, -0.25) is 0 Å². The molecule has 23 heavy (non-hydrogen) atoms. The van der Waals surface area contributed by atoms with E-state index in [0.29, 0.717) is 11.0 Å². The van der Waals surface area contributed by atoms with E-state index >= 15 is 0 Å². The first kappa shape index (κ1) is 18.7. The Hall–Kier alpha value is -0.665. The molecule has 0 bridgehead atoms. The first-order valence-electron chi connectivity index (χ1n) is 7.26. The van der Waals surface area contributed by atoms with Crippen LogP contribution in [-0.2, 0) is 25.1 Å². The Morgan fingerprint density at radius 3 is 2.22 bits per heavy atom. The van der Waals surface area contributed by atoms with Gasteiger partial charge >= 0.3 is 7.12 Å². The summed E-state index contributed by atoms with van der Waals surface area (Å²) in [5, 5.41) is 0.163. The van der Waals surface area contributed by atoms with Gasteiger partial charge in [-0.05, 0) is 27.7 Å². The molecule has 1 aliphatic rings. The zero-order valence-corrected chi connectivity index (χ0v) is 15.8. The first-order valence-corrected chi connectivity index (χ1v) is 9.24. The summed E-state index contributed by atoms with van der Waals surface area (Å²) < 4.78 is 37.2. The molecule has 1 aromatic rings. The van der Waals surface area contributed by atoms with Crippen molar-refractivity contribution in [3.63, 3.8) is 0 Å². The topological polar surface area (TPSA) is 68.7 Å². The van der Waals surface area contributed by atoms with Gasteiger partial charge in [-0.25, -0.2) is 17.7 Å². The van der Waals surface area contributed by atoms with Gasteiger partial charge in [0.05, 0.1) is 17.0 Å². The first-order chi connectivity index (χ1) is 10.4. The van der Waals surface area contributed by atoms with Gasteiger partial charge in [0.2, 0.25) is 10.0 Å². The molecule has 0 radical (unpaired) electrons. The van der Waals surface area contributed by atoms with E-state index in [0.717, 1.165) is 4.31 Å². The molecule has 1 aliphatic heterocycles. The van der Waals surface area contributed by atoms with Crippen molar-refractivity contribution >= 4 is 34.2 Å². The number of sulfonamides is 1. The molecule has 0 N–H and O–H groups in total. The second kappa shape index (κ2) is 6.00. The fourth-order valence-electron chi connectivity index (χ4n) is 2.05. The number of halogens is 1. The highest BCUT2D eigenvalue weighted by Crippen LogP contribution is 2.36. The molecule has 0 saturated carbocycles. The Bertz CT molecular complexity index is 691. The van der Waals surface area contributed by atoms with Gasteiger partial charge in [0.1, 0.15) is 5.15 Å². The zero-order valence-electron chi connectivity index (χ0n) is 14.3. The summed E-state index contributed by atoms with van der Waals surface area (Å²) in [7, 11) is -1.08. The summed E-state index contributed by atoms with van der Waals surface area (Å²) in [5.74, 6) is -0.223. The standard InChI is InChI=1S/C14H22BClN2O4S/c1-13(2)14(3,4)22-15(21-13)11-7-10(12(16)17-8-11)9-23(19,20)18(5)6/h7-8H,9H2,1-6H3. The number of rotatable bonds is 4. The molecule has 0 aromatic carbocycles. The average molecular weight is 361 g/mol. The van der Waals surface area contributed by atoms with Gasteiger partial charge in [0.15, 0.2) is 0 Å². The summed E-state index contributed by atoms with van der Waals surface area (Å²) in [6.07, 6.45) is 1.55. The third kappa shape index (κ3) is 3.72. The van der Waals surface area contributed by atoms with Crippen molar-refractivity contribution in [3.8, 4) is 0 Å². The molecule has 0 atom stereocenters. The van der Waals surface area contributed by atoms with Crippen molar-refractivity contribution in [2.24, 2.45) is 0 Å². The van der Waals surface area contributed by atoms with Crippen molar-refractivity contribution in [1.29, 1.82) is 0 Å². The van der Waals surface area contributed by atoms with Crippen molar-refractivity contribution in [2.75, 3.05) is 14.1 Å². The normalized spacial score (nSPS) is 20.3. The molecule has 1 aromatic heterocycles. The van der Waals surface area contributed by atoms with Crippen LogP contribution in [0.3, 0.4) is 0 Å². The maximum Gasteiger partial charge on any atom is 0.496 e. The highest BCUT2D eigenvalue weighted by atomic mass is 35.5. The summed E-state index contributed by atoms with van der Waals surface area (Å²) in [4.78, 5) is 4.09. The smallest absolute Gasteiger partial charge is 0.399 e. The van der Waals surface area contributed by atoms with E-state index in [1.54, 1.807) is 12.3 Å². The number of hydrogen-bond acceptors (Lipinski definition) is 5. The van der Waals surface area contributed by atoms with Crippen LogP contribution in [0.2, 0.25) is 5.15 Å². The third-order valence-corrected chi connectivity index (χ3v) is 6.48. The fourth-order valence-corrected chi connectivity index (χ4v) is 3.17. The van der Waals surface area contributed by atoms with Gasteiger partial charge in [-0.2, -0.15) is 0 Å². The van der Waals surface area contributed by atoms with Crippen molar-refractivity contribution in [1.82, 2.24) is 9.29 Å². The van der Waals surface area contributed by atoms with Crippen molar-refractivity contribution in [2.45, 2.75) is 44.6 Å². The number of hydrogen-bond donors (Lipinski definition) is 0. The molecule has 9 heteroatoms. The molecule has 0 amide bonds. The lowest BCUT2D eigenvalue weighted by Gasteiger charge is -2.32. The molecule has 1 saturated heterocycles. The van der Waals surface area contributed by atoms with Crippen molar-refractivity contribution < 1.29 is 17.7 Å². The van der Waals surface area contributed by atoms with E-state index in [2.05, 4.69) is 4.98 Å². The zero-order chi connectivity index (χ0) is 17.6. The quantitative estimate of drug-likeness (QED) is 0.600. The minimum absolute atomic E-state index is 0.163. The van der Waals surface area contributed by atoms with Gasteiger partial charge in [-0.15, -0.1) is 0 Å². The van der Waals surface area contributed by atoms with E-state index in [-0.39, 0.29) is 10.9 Å². The number of pyridine rings is 1. The fraction of sp³-hybridized carbons (Fsp3) is 0.643. The Labute approximate surface area is 143 Å². The molecule has 128 valence electrons. The molecule has 2 rings (SSSR count). The molecule has 0 spiro atoms. The lowest BCUT2D eigenvalue weighted by molar-refractivity contribution is 0.00578. The van der Waals surface area contributed by atoms with Crippen LogP contribution in [0.5, 0.6) is 0 Å². The van der Waals surface area contributed by atoms with E-state index in [4.69, 9.17) is 20.9 Å². The van der Waals surface area contributed by atoms with Crippen LogP contribution in [0.25, 0.3) is 0 Å². The molecular weight excluding hydrogens is 338 g/mol. The van der Waals surface area contributed by atoms with Gasteiger partial charge in [-0.1, -0.05) is 17.7 Å². The maximum absolute atomic E-state index is 12.1. The molecular formula is C14H22BClN2O4S. The minimum atomic E-state index is -3.43. The minimum Gasteiger partial charge on any atom is -0.399 e. The molecule has 0 aliphatic carbocycles. The second-order valence-corrected chi connectivity index (χ2v) is 9.39. The van der Waals surface area contributed by atoms with Crippen LogP contribution < -0.4 is 5.46 Å². The summed E-state index contributed by atoms with van der Waals surface area (Å²) >= 11 is 6.05. The SMILES string of the molecule is CN(C)S(=O)(=O)Cc1cc(B2OC(C)(C)C(C)(C)O2)cnc1Cl. The number of aromatic nitrogens is 1. The molecule has 1 fully saturated rings. The largest absolute Gasteiger partial charge is 0.496 e. The van der Waals surface area contributed by atoms with E-state index in [1.165, 1.54) is 14.1 Å². The Morgan fingerprint density at radius 2 is 1.74 bits per heavy atom. The highest BCUT2D eigenvalue weighted by Gasteiger charge is 2.51. The van der Waals surface area contributed by atoms with E-state index < -0.39 is 28.3 Å². The van der Waals surface area contributed by atoms with Crippen LogP contribution in [0.1, 0.15) is 33.3 Å². The van der Waals surface area contributed by atoms with Gasteiger partial charge in [0, 0.05) is 31.3 Å². The summed E-state index contributed by atoms with van der Waals surface area (Å²) in [6.45, 7) is 7.81. The highest BCUT2D eigenvalue weighted by molar-refractivity contribution is 7.88. The van der Waals surface area contributed by atoms with Crippen LogP contribution in [0.15, 0.2) is 12.3 Å². The van der Waals surface area contributed by atoms with E-state index in [1.807, 2.05) is 27.7 Å². The Kier molecular flexibility index (Phi) is 4.87. The monoisotopic (exact) mass is 360 g/mol. The van der Waals surface area contributed by atoms with Crippen LogP contribution >= 0.6 is 11.6 Å². The Balaban J connectivity index is 2.32. The van der Waals surface area contributed by atoms with Crippen LogP contribution in [-0.4, -0.2) is 50.1 Å². The summed E-state index contributed by atoms with van der Waals surface area (Å²) in [6, 6.07) is 1.68. The maximum atomic E-state index is 12.1. The second-order valence-electron chi connectivity index (χ2n) is 6.85. The van der Waals surface area contributed by atoms with Gasteiger partial charge < -0.3 is 9.31 Å². The predicted octanol–water partition coefficient (Wildman–Crippen LogP) is 1.43. The molecule has 0 unspecified atom stereocenters. The lowest BCUT2D eigenvalue weighted by Crippen LogP contribution is -2.41. The predicted molar refractivity (Wildman–Crippen MR) is 91.3 cm³/mol. The van der Waals surface area contributed by atoms with Crippen molar-refractivity contribution in [3.05, 3.63) is 23.0 Å².